The third-order valence-electron chi connectivity index (χ3n) is 8.05. The largest absolute Gasteiger partial charge is 0.349 e. The quantitative estimate of drug-likeness (QED) is 0.339. The molecule has 1 saturated heterocycles. The number of rotatable bonds is 9. The minimum absolute atomic E-state index is 0.00438. The van der Waals surface area contributed by atoms with Gasteiger partial charge in [0.1, 0.15) is 6.17 Å². The Balaban J connectivity index is 2.39. The third-order valence-corrected chi connectivity index (χ3v) is 8.05. The van der Waals surface area contributed by atoms with Crippen molar-refractivity contribution in [3.8, 4) is 0 Å². The van der Waals surface area contributed by atoms with E-state index < -0.39 is 5.41 Å². The number of anilines is 2. The average molecular weight is 505 g/mol. The second-order valence-electron chi connectivity index (χ2n) is 13.0. The zero-order valence-corrected chi connectivity index (χ0v) is 25.5. The molecule has 0 aromatic heterocycles. The molecular formula is C34H52N2O. The summed E-state index contributed by atoms with van der Waals surface area (Å²) in [5.74, 6) is 1.74. The molecule has 0 N–H and O–H groups in total. The first-order chi connectivity index (χ1) is 17.3. The maximum absolute atomic E-state index is 14.5. The number of para-hydroxylation sites is 2. The molecule has 1 fully saturated rings. The van der Waals surface area contributed by atoms with Crippen LogP contribution in [-0.2, 0) is 4.79 Å². The summed E-state index contributed by atoms with van der Waals surface area (Å²) in [6, 6.07) is 13.5. The van der Waals surface area contributed by atoms with Crippen LogP contribution in [-0.4, -0.2) is 18.6 Å². The molecule has 0 radical (unpaired) electrons. The Hall–Kier alpha value is -2.29. The standard InChI is InChI=1S/C34H52N2O/c1-12-13-20-30-35(31-26(22(2)3)16-14-17-27(31)23(4)5)21-34(10,11)33(37)36(30)32-28(24(6)7)18-15-19-29(32)25(8)9/h14-19,22-25,30H,12-13,20-21H2,1-11H3. The predicted octanol–water partition coefficient (Wildman–Crippen LogP) is 9.58. The summed E-state index contributed by atoms with van der Waals surface area (Å²) in [4.78, 5) is 19.4. The molecule has 1 atom stereocenters. The van der Waals surface area contributed by atoms with E-state index in [-0.39, 0.29) is 12.1 Å². The maximum atomic E-state index is 14.5. The second-order valence-corrected chi connectivity index (χ2v) is 13.0. The highest BCUT2D eigenvalue weighted by Gasteiger charge is 2.47. The van der Waals surface area contributed by atoms with Crippen LogP contribution in [0, 0.1) is 5.41 Å². The zero-order chi connectivity index (χ0) is 27.7. The van der Waals surface area contributed by atoms with Gasteiger partial charge in [0.25, 0.3) is 0 Å². The zero-order valence-electron chi connectivity index (χ0n) is 25.5. The molecule has 204 valence electrons. The lowest BCUT2D eigenvalue weighted by atomic mass is 9.82. The highest BCUT2D eigenvalue weighted by Crippen LogP contribution is 2.46. The lowest BCUT2D eigenvalue weighted by molar-refractivity contribution is -0.128. The summed E-state index contributed by atoms with van der Waals surface area (Å²) in [7, 11) is 0. The van der Waals surface area contributed by atoms with Crippen LogP contribution < -0.4 is 9.80 Å². The molecule has 0 saturated carbocycles. The number of hydrogen-bond donors (Lipinski definition) is 0. The van der Waals surface area contributed by atoms with Crippen molar-refractivity contribution in [3.05, 3.63) is 58.7 Å². The number of benzene rings is 2. The number of hydrogen-bond acceptors (Lipinski definition) is 2. The van der Waals surface area contributed by atoms with Crippen molar-refractivity contribution in [1.29, 1.82) is 0 Å². The Morgan fingerprint density at radius 1 is 0.757 bits per heavy atom. The first-order valence-electron chi connectivity index (χ1n) is 14.7. The topological polar surface area (TPSA) is 23.6 Å². The molecule has 3 rings (SSSR count). The Labute approximate surface area is 227 Å². The molecule has 0 aliphatic carbocycles. The van der Waals surface area contributed by atoms with Gasteiger partial charge in [-0.3, -0.25) is 9.69 Å². The van der Waals surface area contributed by atoms with Crippen molar-refractivity contribution in [2.75, 3.05) is 16.3 Å². The number of carbonyl (C=O) groups is 1. The van der Waals surface area contributed by atoms with Gasteiger partial charge in [-0.05, 0) is 72.6 Å². The lowest BCUT2D eigenvalue weighted by Gasteiger charge is -2.53. The van der Waals surface area contributed by atoms with Gasteiger partial charge in [-0.2, -0.15) is 0 Å². The highest BCUT2D eigenvalue weighted by molar-refractivity contribution is 6.01. The number of carbonyl (C=O) groups excluding carboxylic acids is 1. The number of nitrogens with zero attached hydrogens (tertiary/aromatic N) is 2. The van der Waals surface area contributed by atoms with Crippen LogP contribution in [0.2, 0.25) is 0 Å². The van der Waals surface area contributed by atoms with E-state index in [1.807, 2.05) is 0 Å². The summed E-state index contributed by atoms with van der Waals surface area (Å²) in [6.45, 7) is 25.5. The van der Waals surface area contributed by atoms with Crippen molar-refractivity contribution in [2.24, 2.45) is 5.41 Å². The molecule has 3 heteroatoms. The molecule has 0 bridgehead atoms. The normalized spacial score (nSPS) is 18.1. The van der Waals surface area contributed by atoms with Gasteiger partial charge in [0.05, 0.1) is 11.1 Å². The Morgan fingerprint density at radius 2 is 1.16 bits per heavy atom. The molecule has 1 heterocycles. The highest BCUT2D eigenvalue weighted by atomic mass is 16.2. The van der Waals surface area contributed by atoms with Gasteiger partial charge in [0, 0.05) is 12.2 Å². The molecule has 2 aromatic rings. The molecule has 1 amide bonds. The minimum atomic E-state index is -0.501. The van der Waals surface area contributed by atoms with E-state index >= 15 is 0 Å². The summed E-state index contributed by atoms with van der Waals surface area (Å²) >= 11 is 0. The minimum Gasteiger partial charge on any atom is -0.349 e. The molecule has 3 nitrogen and oxygen atoms in total. The summed E-state index contributed by atoms with van der Waals surface area (Å²) < 4.78 is 0. The van der Waals surface area contributed by atoms with Crippen molar-refractivity contribution in [1.82, 2.24) is 0 Å². The van der Waals surface area contributed by atoms with E-state index in [9.17, 15) is 4.79 Å². The molecule has 1 unspecified atom stereocenters. The fourth-order valence-corrected chi connectivity index (χ4v) is 5.98. The van der Waals surface area contributed by atoms with Gasteiger partial charge in [-0.25, -0.2) is 0 Å². The van der Waals surface area contributed by atoms with Crippen LogP contribution in [0.3, 0.4) is 0 Å². The van der Waals surface area contributed by atoms with Crippen LogP contribution in [0.25, 0.3) is 0 Å². The molecular weight excluding hydrogens is 452 g/mol. The third kappa shape index (κ3) is 5.76. The second kappa shape index (κ2) is 11.6. The van der Waals surface area contributed by atoms with Crippen molar-refractivity contribution < 1.29 is 4.79 Å². The predicted molar refractivity (Wildman–Crippen MR) is 161 cm³/mol. The smallest absolute Gasteiger partial charge is 0.236 e. The molecule has 37 heavy (non-hydrogen) atoms. The van der Waals surface area contributed by atoms with Gasteiger partial charge < -0.3 is 4.90 Å². The van der Waals surface area contributed by atoms with Crippen LogP contribution in [0.15, 0.2) is 36.4 Å². The van der Waals surface area contributed by atoms with Crippen LogP contribution in [0.1, 0.15) is 141 Å². The van der Waals surface area contributed by atoms with E-state index in [2.05, 4.69) is 122 Å². The van der Waals surface area contributed by atoms with Gasteiger partial charge in [-0.1, -0.05) is 105 Å². The average Bonchev–Trinajstić information content (AvgIpc) is 2.83. The maximum Gasteiger partial charge on any atom is 0.236 e. The van der Waals surface area contributed by atoms with Gasteiger partial charge in [0.2, 0.25) is 5.91 Å². The van der Waals surface area contributed by atoms with E-state index in [4.69, 9.17) is 0 Å². The fraction of sp³-hybridized carbons (Fsp3) is 0.618. The molecule has 1 aliphatic rings. The van der Waals surface area contributed by atoms with Crippen molar-refractivity contribution in [3.63, 3.8) is 0 Å². The first kappa shape index (κ1) is 29.3. The van der Waals surface area contributed by atoms with E-state index in [0.29, 0.717) is 23.7 Å². The van der Waals surface area contributed by atoms with Crippen molar-refractivity contribution in [2.45, 2.75) is 125 Å². The Kier molecular flexibility index (Phi) is 9.19. The van der Waals surface area contributed by atoms with Gasteiger partial charge in [-0.15, -0.1) is 0 Å². The molecule has 2 aromatic carbocycles. The number of amides is 1. The fourth-order valence-electron chi connectivity index (χ4n) is 5.98. The van der Waals surface area contributed by atoms with Gasteiger partial charge in [0.15, 0.2) is 0 Å². The van der Waals surface area contributed by atoms with E-state index in [1.54, 1.807) is 0 Å². The first-order valence-corrected chi connectivity index (χ1v) is 14.7. The summed E-state index contributed by atoms with van der Waals surface area (Å²) in [5.41, 5.74) is 7.34. The summed E-state index contributed by atoms with van der Waals surface area (Å²) in [5, 5.41) is 0. The Morgan fingerprint density at radius 3 is 1.54 bits per heavy atom. The van der Waals surface area contributed by atoms with Crippen LogP contribution >= 0.6 is 0 Å². The van der Waals surface area contributed by atoms with Gasteiger partial charge >= 0.3 is 0 Å². The lowest BCUT2D eigenvalue weighted by Crippen LogP contribution is -2.64. The number of unbranched alkanes of at least 4 members (excludes halogenated alkanes) is 1. The van der Waals surface area contributed by atoms with Crippen molar-refractivity contribution >= 4 is 17.3 Å². The van der Waals surface area contributed by atoms with Crippen LogP contribution in [0.5, 0.6) is 0 Å². The van der Waals surface area contributed by atoms with E-state index in [1.165, 1.54) is 27.9 Å². The van der Waals surface area contributed by atoms with Crippen LogP contribution in [0.4, 0.5) is 11.4 Å². The molecule has 1 aliphatic heterocycles. The Bertz CT molecular complexity index is 1030. The monoisotopic (exact) mass is 504 g/mol. The molecule has 0 spiro atoms. The SMILES string of the molecule is CCCCC1N(c2c(C(C)C)cccc2C(C)C)CC(C)(C)C(=O)N1c1c(C(C)C)cccc1C(C)C. The van der Waals surface area contributed by atoms with E-state index in [0.717, 1.165) is 31.5 Å². The summed E-state index contributed by atoms with van der Waals surface area (Å²) in [6.07, 6.45) is 3.16.